The summed E-state index contributed by atoms with van der Waals surface area (Å²) in [6.45, 7) is 4.89. The second kappa shape index (κ2) is 6.80. The lowest BCUT2D eigenvalue weighted by molar-refractivity contribution is 0.0695. The maximum atomic E-state index is 11.7. The zero-order valence-electron chi connectivity index (χ0n) is 9.87. The standard InChI is InChI=1S/C12H16INO3/c1-3-17-8(2)7-14-12(16)9-4-5-10(13)11(15)6-9/h4-6,8,15H,3,7H2,1-2H3,(H,14,16). The number of carbonyl (C=O) groups excluding carboxylic acids is 1. The van der Waals surface area contributed by atoms with Crippen LogP contribution in [0.25, 0.3) is 0 Å². The molecule has 0 radical (unpaired) electrons. The quantitative estimate of drug-likeness (QED) is 0.801. The average molecular weight is 349 g/mol. The summed E-state index contributed by atoms with van der Waals surface area (Å²) in [5, 5.41) is 12.3. The molecule has 0 bridgehead atoms. The first-order valence-corrected chi connectivity index (χ1v) is 6.50. The molecular weight excluding hydrogens is 333 g/mol. The van der Waals surface area contributed by atoms with Crippen molar-refractivity contribution in [3.05, 3.63) is 27.3 Å². The molecule has 0 heterocycles. The van der Waals surface area contributed by atoms with Crippen molar-refractivity contribution in [1.82, 2.24) is 5.32 Å². The molecule has 1 rings (SSSR count). The summed E-state index contributed by atoms with van der Waals surface area (Å²) in [4.78, 5) is 11.7. The van der Waals surface area contributed by atoms with Crippen LogP contribution >= 0.6 is 22.6 Å². The Kier molecular flexibility index (Phi) is 5.70. The Hall–Kier alpha value is -0.820. The van der Waals surface area contributed by atoms with Crippen LogP contribution in [0.1, 0.15) is 24.2 Å². The first-order chi connectivity index (χ1) is 8.04. The van der Waals surface area contributed by atoms with Gasteiger partial charge in [-0.2, -0.15) is 0 Å². The van der Waals surface area contributed by atoms with Crippen LogP contribution in [-0.4, -0.2) is 30.3 Å². The first kappa shape index (κ1) is 14.2. The van der Waals surface area contributed by atoms with E-state index in [4.69, 9.17) is 4.74 Å². The zero-order valence-corrected chi connectivity index (χ0v) is 12.0. The Morgan fingerprint density at radius 1 is 1.59 bits per heavy atom. The van der Waals surface area contributed by atoms with Crippen molar-refractivity contribution in [2.45, 2.75) is 20.0 Å². The van der Waals surface area contributed by atoms with Gasteiger partial charge in [0, 0.05) is 18.7 Å². The summed E-state index contributed by atoms with van der Waals surface area (Å²) in [6.07, 6.45) is -0.0126. The number of hydrogen-bond acceptors (Lipinski definition) is 3. The molecule has 1 unspecified atom stereocenters. The molecule has 17 heavy (non-hydrogen) atoms. The second-order valence-electron chi connectivity index (χ2n) is 3.64. The maximum absolute atomic E-state index is 11.7. The van der Waals surface area contributed by atoms with E-state index in [-0.39, 0.29) is 17.8 Å². The van der Waals surface area contributed by atoms with Crippen LogP contribution in [0.3, 0.4) is 0 Å². The molecule has 1 aromatic carbocycles. The maximum Gasteiger partial charge on any atom is 0.251 e. The molecule has 1 aromatic rings. The third-order valence-corrected chi connectivity index (χ3v) is 3.12. The van der Waals surface area contributed by atoms with Crippen molar-refractivity contribution in [1.29, 1.82) is 0 Å². The van der Waals surface area contributed by atoms with E-state index in [1.165, 1.54) is 6.07 Å². The minimum absolute atomic E-state index is 0.0126. The summed E-state index contributed by atoms with van der Waals surface area (Å²) in [5.74, 6) is -0.0839. The van der Waals surface area contributed by atoms with Gasteiger partial charge in [-0.05, 0) is 54.6 Å². The van der Waals surface area contributed by atoms with Gasteiger partial charge in [-0.1, -0.05) is 0 Å². The number of benzene rings is 1. The van der Waals surface area contributed by atoms with E-state index in [1.807, 2.05) is 36.4 Å². The van der Waals surface area contributed by atoms with Gasteiger partial charge < -0.3 is 15.2 Å². The highest BCUT2D eigenvalue weighted by Gasteiger charge is 2.09. The Bertz CT molecular complexity index is 395. The normalized spacial score (nSPS) is 12.2. The molecule has 0 saturated heterocycles. The van der Waals surface area contributed by atoms with Gasteiger partial charge in [-0.25, -0.2) is 0 Å². The lowest BCUT2D eigenvalue weighted by atomic mass is 10.2. The van der Waals surface area contributed by atoms with Crippen LogP contribution in [0, 0.1) is 3.57 Å². The van der Waals surface area contributed by atoms with Gasteiger partial charge in [0.25, 0.3) is 5.91 Å². The number of aromatic hydroxyl groups is 1. The molecule has 0 aromatic heterocycles. The Balaban J connectivity index is 2.55. The van der Waals surface area contributed by atoms with Crippen molar-refractivity contribution >= 4 is 28.5 Å². The summed E-state index contributed by atoms with van der Waals surface area (Å²) in [6, 6.07) is 4.85. The number of halogens is 1. The fourth-order valence-electron chi connectivity index (χ4n) is 1.34. The Morgan fingerprint density at radius 2 is 2.29 bits per heavy atom. The number of carbonyl (C=O) groups is 1. The smallest absolute Gasteiger partial charge is 0.251 e. The van der Waals surface area contributed by atoms with Crippen LogP contribution in [-0.2, 0) is 4.74 Å². The predicted octanol–water partition coefficient (Wildman–Crippen LogP) is 2.15. The SMILES string of the molecule is CCOC(C)CNC(=O)c1ccc(I)c(O)c1. The van der Waals surface area contributed by atoms with E-state index in [0.717, 1.165) is 3.57 Å². The molecule has 5 heteroatoms. The molecule has 2 N–H and O–H groups in total. The summed E-state index contributed by atoms with van der Waals surface area (Å²) in [7, 11) is 0. The van der Waals surface area contributed by atoms with E-state index in [9.17, 15) is 9.90 Å². The van der Waals surface area contributed by atoms with Gasteiger partial charge in [-0.15, -0.1) is 0 Å². The van der Waals surface area contributed by atoms with Crippen LogP contribution in [0.2, 0.25) is 0 Å². The minimum Gasteiger partial charge on any atom is -0.507 e. The van der Waals surface area contributed by atoms with Crippen LogP contribution in [0.5, 0.6) is 5.75 Å². The summed E-state index contributed by atoms with van der Waals surface area (Å²) >= 11 is 2.01. The number of nitrogens with one attached hydrogen (secondary N) is 1. The van der Waals surface area contributed by atoms with Crippen LogP contribution in [0.4, 0.5) is 0 Å². The molecule has 4 nitrogen and oxygen atoms in total. The minimum atomic E-state index is -0.205. The fraction of sp³-hybridized carbons (Fsp3) is 0.417. The molecule has 1 amide bonds. The van der Waals surface area contributed by atoms with Gasteiger partial charge in [0.15, 0.2) is 0 Å². The highest BCUT2D eigenvalue weighted by molar-refractivity contribution is 14.1. The number of hydrogen-bond donors (Lipinski definition) is 2. The van der Waals surface area contributed by atoms with Gasteiger partial charge in [0.1, 0.15) is 5.75 Å². The predicted molar refractivity (Wildman–Crippen MR) is 74.2 cm³/mol. The third-order valence-electron chi connectivity index (χ3n) is 2.21. The molecule has 1 atom stereocenters. The molecule has 0 spiro atoms. The fourth-order valence-corrected chi connectivity index (χ4v) is 1.67. The first-order valence-electron chi connectivity index (χ1n) is 5.43. The summed E-state index contributed by atoms with van der Waals surface area (Å²) in [5.41, 5.74) is 0.451. The van der Waals surface area contributed by atoms with Gasteiger partial charge >= 0.3 is 0 Å². The number of ether oxygens (including phenoxy) is 1. The molecular formula is C12H16INO3. The van der Waals surface area contributed by atoms with E-state index in [1.54, 1.807) is 12.1 Å². The monoisotopic (exact) mass is 349 g/mol. The van der Waals surface area contributed by atoms with Crippen molar-refractivity contribution in [2.75, 3.05) is 13.2 Å². The van der Waals surface area contributed by atoms with Gasteiger partial charge in [-0.3, -0.25) is 4.79 Å². The molecule has 94 valence electrons. The average Bonchev–Trinajstić information content (AvgIpc) is 2.30. The largest absolute Gasteiger partial charge is 0.507 e. The lowest BCUT2D eigenvalue weighted by Gasteiger charge is -2.12. The highest BCUT2D eigenvalue weighted by Crippen LogP contribution is 2.20. The van der Waals surface area contributed by atoms with Crippen molar-refractivity contribution < 1.29 is 14.6 Å². The summed E-state index contributed by atoms with van der Waals surface area (Å²) < 4.78 is 6.03. The van der Waals surface area contributed by atoms with E-state index in [0.29, 0.717) is 18.7 Å². The Morgan fingerprint density at radius 3 is 2.88 bits per heavy atom. The van der Waals surface area contributed by atoms with E-state index in [2.05, 4.69) is 5.32 Å². The van der Waals surface area contributed by atoms with Crippen molar-refractivity contribution in [3.8, 4) is 5.75 Å². The second-order valence-corrected chi connectivity index (χ2v) is 4.80. The molecule has 0 saturated carbocycles. The van der Waals surface area contributed by atoms with Gasteiger partial charge in [0.05, 0.1) is 9.67 Å². The lowest BCUT2D eigenvalue weighted by Crippen LogP contribution is -2.32. The topological polar surface area (TPSA) is 58.6 Å². The number of amides is 1. The molecule has 0 aliphatic heterocycles. The molecule has 0 aliphatic rings. The molecule has 0 aliphatic carbocycles. The number of rotatable bonds is 5. The third kappa shape index (κ3) is 4.51. The van der Waals surface area contributed by atoms with Crippen LogP contribution in [0.15, 0.2) is 18.2 Å². The molecule has 0 fully saturated rings. The van der Waals surface area contributed by atoms with E-state index < -0.39 is 0 Å². The zero-order chi connectivity index (χ0) is 12.8. The van der Waals surface area contributed by atoms with E-state index >= 15 is 0 Å². The van der Waals surface area contributed by atoms with Crippen LogP contribution < -0.4 is 5.32 Å². The number of phenols is 1. The van der Waals surface area contributed by atoms with Crippen molar-refractivity contribution in [2.24, 2.45) is 0 Å². The highest BCUT2D eigenvalue weighted by atomic mass is 127. The number of phenolic OH excluding ortho intramolecular Hbond substituents is 1. The van der Waals surface area contributed by atoms with Crippen molar-refractivity contribution in [3.63, 3.8) is 0 Å². The van der Waals surface area contributed by atoms with Gasteiger partial charge in [0.2, 0.25) is 0 Å². The Labute approximate surface area is 115 Å².